The second-order valence-electron chi connectivity index (χ2n) is 7.69. The molecule has 1 saturated carbocycles. The van der Waals surface area contributed by atoms with E-state index in [1.165, 1.54) is 0 Å². The van der Waals surface area contributed by atoms with Gasteiger partial charge in [-0.2, -0.15) is 13.2 Å². The number of aromatic nitrogens is 3. The van der Waals surface area contributed by atoms with Gasteiger partial charge in [0.2, 0.25) is 0 Å². The first-order valence-electron chi connectivity index (χ1n) is 9.23. The summed E-state index contributed by atoms with van der Waals surface area (Å²) in [5, 5.41) is 3.84. The van der Waals surface area contributed by atoms with Gasteiger partial charge in [-0.25, -0.2) is 9.97 Å². The van der Waals surface area contributed by atoms with Crippen LogP contribution >= 0.6 is 11.3 Å². The Labute approximate surface area is 160 Å². The van der Waals surface area contributed by atoms with Gasteiger partial charge < -0.3 is 9.88 Å². The number of aryl methyl sites for hydroxylation is 2. The van der Waals surface area contributed by atoms with E-state index in [0.29, 0.717) is 22.5 Å². The summed E-state index contributed by atoms with van der Waals surface area (Å²) in [5.74, 6) is 0.876. The zero-order chi connectivity index (χ0) is 19.2. The molecule has 1 atom stereocenters. The van der Waals surface area contributed by atoms with Crippen LogP contribution in [0.25, 0.3) is 0 Å². The molecule has 1 aliphatic carbocycles. The average molecular weight is 399 g/mol. The fraction of sp³-hybridized carbons (Fsp3) is 0.667. The van der Waals surface area contributed by atoms with E-state index in [4.69, 9.17) is 0 Å². The molecule has 148 valence electrons. The summed E-state index contributed by atoms with van der Waals surface area (Å²) < 4.78 is 42.2. The van der Waals surface area contributed by atoms with Gasteiger partial charge in [0.1, 0.15) is 5.82 Å². The van der Waals surface area contributed by atoms with Crippen molar-refractivity contribution in [2.45, 2.75) is 51.5 Å². The number of halogens is 3. The zero-order valence-corrected chi connectivity index (χ0v) is 16.3. The molecular formula is C18H24F3N5S. The molecule has 9 heteroatoms. The van der Waals surface area contributed by atoms with Gasteiger partial charge in [0.05, 0.1) is 16.4 Å². The number of hydrogen-bond acceptors (Lipinski definition) is 5. The maximum atomic E-state index is 13.4. The minimum Gasteiger partial charge on any atom is -0.337 e. The van der Waals surface area contributed by atoms with Crippen LogP contribution in [0.3, 0.4) is 0 Å². The molecule has 0 bridgehead atoms. The lowest BCUT2D eigenvalue weighted by molar-refractivity contribution is -0.141. The van der Waals surface area contributed by atoms with Crippen LogP contribution in [0.1, 0.15) is 40.7 Å². The van der Waals surface area contributed by atoms with Crippen molar-refractivity contribution in [1.29, 1.82) is 0 Å². The predicted molar refractivity (Wildman–Crippen MR) is 97.2 cm³/mol. The lowest BCUT2D eigenvalue weighted by atomic mass is 9.93. The maximum absolute atomic E-state index is 13.4. The van der Waals surface area contributed by atoms with Crippen molar-refractivity contribution in [2.75, 3.05) is 13.1 Å². The SMILES string of the molecule is Cc1nc(C(F)(F)F)c(CN(Cc2nccn2C)C2CC23CCNCC3)s1. The molecule has 1 unspecified atom stereocenters. The third kappa shape index (κ3) is 3.77. The Balaban J connectivity index is 1.60. The second-order valence-corrected chi connectivity index (χ2v) is 8.98. The van der Waals surface area contributed by atoms with E-state index in [1.807, 2.05) is 17.8 Å². The molecule has 0 aromatic carbocycles. The molecule has 0 amide bonds. The van der Waals surface area contributed by atoms with Gasteiger partial charge in [0.25, 0.3) is 0 Å². The van der Waals surface area contributed by atoms with E-state index in [2.05, 4.69) is 20.2 Å². The average Bonchev–Trinajstić information content (AvgIpc) is 2.92. The first-order valence-corrected chi connectivity index (χ1v) is 10.0. The molecule has 1 N–H and O–H groups in total. The van der Waals surface area contributed by atoms with E-state index >= 15 is 0 Å². The minimum absolute atomic E-state index is 0.245. The molecule has 2 fully saturated rings. The molecule has 1 aliphatic heterocycles. The van der Waals surface area contributed by atoms with Gasteiger partial charge in [-0.3, -0.25) is 4.90 Å². The highest BCUT2D eigenvalue weighted by atomic mass is 32.1. The topological polar surface area (TPSA) is 46.0 Å². The predicted octanol–water partition coefficient (Wildman–Crippen LogP) is 3.35. The summed E-state index contributed by atoms with van der Waals surface area (Å²) in [6, 6.07) is 0.305. The Hall–Kier alpha value is -1.45. The number of thiazole rings is 1. The standard InChI is InChI=1S/C18H24F3N5S/c1-12-24-16(18(19,20)21)13(27-12)10-26(11-15-23-7-8-25(15)2)14-9-17(14)3-5-22-6-4-17/h7-8,14,22H,3-6,9-11H2,1-2H3. The number of nitrogens with zero attached hydrogens (tertiary/aromatic N) is 4. The molecular weight excluding hydrogens is 375 g/mol. The fourth-order valence-electron chi connectivity index (χ4n) is 4.29. The van der Waals surface area contributed by atoms with Crippen molar-refractivity contribution < 1.29 is 13.2 Å². The molecule has 3 heterocycles. The van der Waals surface area contributed by atoms with Gasteiger partial charge in [-0.1, -0.05) is 0 Å². The number of rotatable bonds is 5. The quantitative estimate of drug-likeness (QED) is 0.838. The van der Waals surface area contributed by atoms with Crippen molar-refractivity contribution in [2.24, 2.45) is 12.5 Å². The van der Waals surface area contributed by atoms with Gasteiger partial charge in [-0.05, 0) is 44.7 Å². The highest BCUT2D eigenvalue weighted by Gasteiger charge is 2.56. The van der Waals surface area contributed by atoms with Crippen LogP contribution in [0.2, 0.25) is 0 Å². The van der Waals surface area contributed by atoms with Gasteiger partial charge >= 0.3 is 6.18 Å². The number of nitrogens with one attached hydrogen (secondary N) is 1. The molecule has 2 aromatic heterocycles. The van der Waals surface area contributed by atoms with Crippen LogP contribution in [-0.2, 0) is 26.3 Å². The summed E-state index contributed by atoms with van der Waals surface area (Å²) >= 11 is 1.15. The van der Waals surface area contributed by atoms with Crippen LogP contribution in [0.15, 0.2) is 12.4 Å². The third-order valence-electron chi connectivity index (χ3n) is 5.87. The number of alkyl halides is 3. The first-order chi connectivity index (χ1) is 12.8. The van der Waals surface area contributed by atoms with E-state index in [-0.39, 0.29) is 12.0 Å². The summed E-state index contributed by atoms with van der Waals surface area (Å²) in [6.45, 7) is 4.43. The van der Waals surface area contributed by atoms with Crippen molar-refractivity contribution in [1.82, 2.24) is 24.8 Å². The number of piperidine rings is 1. The van der Waals surface area contributed by atoms with Crippen molar-refractivity contribution in [3.8, 4) is 0 Å². The lowest BCUT2D eigenvalue weighted by Gasteiger charge is -2.29. The van der Waals surface area contributed by atoms with E-state index in [1.54, 1.807) is 13.1 Å². The third-order valence-corrected chi connectivity index (χ3v) is 6.83. The molecule has 5 nitrogen and oxygen atoms in total. The zero-order valence-electron chi connectivity index (χ0n) is 15.5. The highest BCUT2D eigenvalue weighted by Crippen LogP contribution is 2.56. The highest BCUT2D eigenvalue weighted by molar-refractivity contribution is 7.11. The molecule has 0 radical (unpaired) electrons. The van der Waals surface area contributed by atoms with Crippen LogP contribution in [0.5, 0.6) is 0 Å². The van der Waals surface area contributed by atoms with Crippen molar-refractivity contribution in [3.05, 3.63) is 33.8 Å². The molecule has 4 rings (SSSR count). The van der Waals surface area contributed by atoms with Crippen molar-refractivity contribution >= 4 is 11.3 Å². The van der Waals surface area contributed by atoms with E-state index in [9.17, 15) is 13.2 Å². The number of hydrogen-bond donors (Lipinski definition) is 1. The normalized spacial score (nSPS) is 21.9. The Morgan fingerprint density at radius 3 is 2.70 bits per heavy atom. The Morgan fingerprint density at radius 2 is 2.07 bits per heavy atom. The fourth-order valence-corrected chi connectivity index (χ4v) is 5.28. The van der Waals surface area contributed by atoms with Gasteiger partial charge in [0.15, 0.2) is 5.69 Å². The molecule has 2 aliphatic rings. The molecule has 1 saturated heterocycles. The molecule has 2 aromatic rings. The van der Waals surface area contributed by atoms with Crippen molar-refractivity contribution in [3.63, 3.8) is 0 Å². The second kappa shape index (κ2) is 6.86. The van der Waals surface area contributed by atoms with Crippen LogP contribution < -0.4 is 5.32 Å². The van der Waals surface area contributed by atoms with Gasteiger partial charge in [-0.15, -0.1) is 11.3 Å². The summed E-state index contributed by atoms with van der Waals surface area (Å²) in [7, 11) is 1.92. The summed E-state index contributed by atoms with van der Waals surface area (Å²) in [4.78, 5) is 10.7. The minimum atomic E-state index is -4.41. The smallest absolute Gasteiger partial charge is 0.337 e. The Morgan fingerprint density at radius 1 is 1.33 bits per heavy atom. The summed E-state index contributed by atoms with van der Waals surface area (Å²) in [5.41, 5.74) is -0.482. The number of imidazole rings is 1. The monoisotopic (exact) mass is 399 g/mol. The molecule has 1 spiro atoms. The van der Waals surface area contributed by atoms with Crippen LogP contribution in [0, 0.1) is 12.3 Å². The lowest BCUT2D eigenvalue weighted by Crippen LogP contribution is -2.36. The van der Waals surface area contributed by atoms with E-state index in [0.717, 1.165) is 49.5 Å². The first kappa shape index (κ1) is 18.9. The van der Waals surface area contributed by atoms with Gasteiger partial charge in [0, 0.05) is 32.0 Å². The summed E-state index contributed by atoms with van der Waals surface area (Å²) in [6.07, 6.45) is 2.42. The van der Waals surface area contributed by atoms with Crippen LogP contribution in [-0.4, -0.2) is 38.6 Å². The van der Waals surface area contributed by atoms with Crippen LogP contribution in [0.4, 0.5) is 13.2 Å². The Kier molecular flexibility index (Phi) is 4.80. The Bertz CT molecular complexity index is 806. The molecule has 27 heavy (non-hydrogen) atoms. The maximum Gasteiger partial charge on any atom is 0.434 e. The van der Waals surface area contributed by atoms with E-state index < -0.39 is 11.9 Å². The largest absolute Gasteiger partial charge is 0.434 e.